The summed E-state index contributed by atoms with van der Waals surface area (Å²) in [6, 6.07) is 3.97. The molecule has 0 amide bonds. The Morgan fingerprint density at radius 3 is 2.85 bits per heavy atom. The van der Waals surface area contributed by atoms with Crippen molar-refractivity contribution in [2.75, 3.05) is 5.73 Å². The lowest BCUT2D eigenvalue weighted by atomic mass is 10.2. The summed E-state index contributed by atoms with van der Waals surface area (Å²) in [5.41, 5.74) is 7.47. The summed E-state index contributed by atoms with van der Waals surface area (Å²) in [6.07, 6.45) is 0. The van der Waals surface area contributed by atoms with Crippen LogP contribution >= 0.6 is 23.1 Å². The van der Waals surface area contributed by atoms with E-state index in [0.29, 0.717) is 5.82 Å². The minimum Gasteiger partial charge on any atom is -0.382 e. The molecule has 2 rings (SSSR count). The van der Waals surface area contributed by atoms with Crippen molar-refractivity contribution < 1.29 is 0 Å². The second kappa shape index (κ2) is 3.05. The number of anilines is 1. The van der Waals surface area contributed by atoms with Crippen LogP contribution in [0.5, 0.6) is 0 Å². The van der Waals surface area contributed by atoms with Crippen molar-refractivity contribution in [1.29, 1.82) is 0 Å². The molecule has 2 N–H and O–H groups in total. The van der Waals surface area contributed by atoms with Crippen LogP contribution in [0.3, 0.4) is 0 Å². The average molecular weight is 214 g/mol. The first kappa shape index (κ1) is 8.59. The lowest BCUT2D eigenvalue weighted by molar-refractivity contribution is 1.01. The topological polar surface area (TPSA) is 43.8 Å². The fourth-order valence-electron chi connectivity index (χ4n) is 1.12. The Morgan fingerprint density at radius 1 is 1.62 bits per heavy atom. The zero-order valence-electron chi connectivity index (χ0n) is 6.99. The van der Waals surface area contributed by atoms with E-state index in [2.05, 4.69) is 5.10 Å². The maximum Gasteiger partial charge on any atom is 0.143 e. The van der Waals surface area contributed by atoms with E-state index in [0.717, 1.165) is 16.1 Å². The normalized spacial score (nSPS) is 10.6. The van der Waals surface area contributed by atoms with Crippen molar-refractivity contribution in [2.24, 2.45) is 0 Å². The molecule has 68 valence electrons. The van der Waals surface area contributed by atoms with Crippen LogP contribution in [0.1, 0.15) is 5.56 Å². The Kier molecular flexibility index (Phi) is 2.01. The number of nitrogens with two attached hydrogens (primary N) is 1. The van der Waals surface area contributed by atoms with E-state index in [1.165, 1.54) is 4.20 Å². The predicted molar refractivity (Wildman–Crippen MR) is 55.9 cm³/mol. The zero-order valence-corrected chi connectivity index (χ0v) is 8.56. The number of nitrogen functional groups attached to an aromatic ring is 1. The van der Waals surface area contributed by atoms with Crippen molar-refractivity contribution in [2.45, 2.75) is 6.92 Å². The van der Waals surface area contributed by atoms with Gasteiger partial charge < -0.3 is 5.73 Å². The van der Waals surface area contributed by atoms with Crippen LogP contribution in [-0.2, 0) is 0 Å². The molecular formula is C8H8ClN3S. The van der Waals surface area contributed by atoms with Gasteiger partial charge in [0.05, 0.1) is 4.88 Å². The first-order chi connectivity index (χ1) is 6.20. The molecule has 2 aromatic rings. The number of thiophene rings is 1. The van der Waals surface area contributed by atoms with Gasteiger partial charge in [0.25, 0.3) is 0 Å². The number of hydrogen-bond donors (Lipinski definition) is 1. The summed E-state index contributed by atoms with van der Waals surface area (Å²) in [4.78, 5) is 1.09. The summed E-state index contributed by atoms with van der Waals surface area (Å²) in [5, 5.41) is 6.12. The molecular weight excluding hydrogens is 206 g/mol. The fraction of sp³-hybridized carbons (Fsp3) is 0.125. The van der Waals surface area contributed by atoms with Gasteiger partial charge in [0, 0.05) is 17.3 Å². The molecule has 0 aliphatic carbocycles. The summed E-state index contributed by atoms with van der Waals surface area (Å²) < 4.78 is 1.18. The third-order valence-corrected chi connectivity index (χ3v) is 3.01. The van der Waals surface area contributed by atoms with E-state index in [4.69, 9.17) is 17.5 Å². The highest BCUT2D eigenvalue weighted by molar-refractivity contribution is 7.13. The third-order valence-electron chi connectivity index (χ3n) is 1.88. The van der Waals surface area contributed by atoms with Gasteiger partial charge in [-0.1, -0.05) is 6.07 Å². The standard InChI is InChI=1S/C8H8ClN3S/c1-5-7(6-3-2-4-13-6)11-12(9)8(5)10/h2-4H,10H2,1H3. The van der Waals surface area contributed by atoms with Crippen LogP contribution < -0.4 is 5.73 Å². The molecule has 13 heavy (non-hydrogen) atoms. The molecule has 0 aliphatic rings. The minimum atomic E-state index is 0.505. The van der Waals surface area contributed by atoms with Gasteiger partial charge in [-0.25, -0.2) is 0 Å². The van der Waals surface area contributed by atoms with Gasteiger partial charge in [0.1, 0.15) is 11.5 Å². The first-order valence-corrected chi connectivity index (χ1v) is 4.97. The third kappa shape index (κ3) is 1.32. The monoisotopic (exact) mass is 213 g/mol. The van der Waals surface area contributed by atoms with Crippen molar-refractivity contribution in [3.05, 3.63) is 23.1 Å². The van der Waals surface area contributed by atoms with Crippen molar-refractivity contribution in [3.8, 4) is 10.6 Å². The van der Waals surface area contributed by atoms with E-state index in [9.17, 15) is 0 Å². The van der Waals surface area contributed by atoms with Gasteiger partial charge in [-0.15, -0.1) is 11.3 Å². The number of nitrogens with zero attached hydrogens (tertiary/aromatic N) is 2. The second-order valence-electron chi connectivity index (χ2n) is 2.70. The molecule has 0 bridgehead atoms. The van der Waals surface area contributed by atoms with Crippen LogP contribution in [0.4, 0.5) is 5.82 Å². The Balaban J connectivity index is 2.59. The van der Waals surface area contributed by atoms with E-state index in [-0.39, 0.29) is 0 Å². The molecule has 0 aliphatic heterocycles. The Bertz CT molecular complexity index is 419. The lowest BCUT2D eigenvalue weighted by Gasteiger charge is -1.91. The quantitative estimate of drug-likeness (QED) is 0.791. The van der Waals surface area contributed by atoms with Crippen LogP contribution in [-0.4, -0.2) is 9.30 Å². The molecule has 3 nitrogen and oxygen atoms in total. The van der Waals surface area contributed by atoms with Crippen molar-refractivity contribution in [1.82, 2.24) is 9.30 Å². The summed E-state index contributed by atoms with van der Waals surface area (Å²) in [5.74, 6) is 0.505. The van der Waals surface area contributed by atoms with Gasteiger partial charge in [-0.3, -0.25) is 0 Å². The molecule has 0 saturated carbocycles. The molecule has 5 heteroatoms. The smallest absolute Gasteiger partial charge is 0.143 e. The number of hydrogen-bond acceptors (Lipinski definition) is 3. The van der Waals surface area contributed by atoms with Gasteiger partial charge in [-0.2, -0.15) is 9.30 Å². The summed E-state index contributed by atoms with van der Waals surface area (Å²) in [7, 11) is 0. The predicted octanol–water partition coefficient (Wildman–Crippen LogP) is 2.50. The highest BCUT2D eigenvalue weighted by atomic mass is 35.5. The highest BCUT2D eigenvalue weighted by Crippen LogP contribution is 2.29. The van der Waals surface area contributed by atoms with E-state index in [1.54, 1.807) is 11.3 Å². The van der Waals surface area contributed by atoms with E-state index >= 15 is 0 Å². The second-order valence-corrected chi connectivity index (χ2v) is 3.96. The van der Waals surface area contributed by atoms with Crippen LogP contribution in [0.15, 0.2) is 17.5 Å². The van der Waals surface area contributed by atoms with Gasteiger partial charge in [0.2, 0.25) is 0 Å². The largest absolute Gasteiger partial charge is 0.382 e. The summed E-state index contributed by atoms with van der Waals surface area (Å²) >= 11 is 7.36. The maximum atomic E-state index is 5.74. The zero-order chi connectivity index (χ0) is 9.42. The van der Waals surface area contributed by atoms with E-state index < -0.39 is 0 Å². The van der Waals surface area contributed by atoms with Gasteiger partial charge in [0.15, 0.2) is 0 Å². The van der Waals surface area contributed by atoms with Crippen molar-refractivity contribution in [3.63, 3.8) is 0 Å². The number of rotatable bonds is 1. The molecule has 0 fully saturated rings. The molecule has 0 aromatic carbocycles. The van der Waals surface area contributed by atoms with Gasteiger partial charge >= 0.3 is 0 Å². The van der Waals surface area contributed by atoms with Crippen LogP contribution in [0.25, 0.3) is 10.6 Å². The lowest BCUT2D eigenvalue weighted by Crippen LogP contribution is -1.92. The molecule has 0 radical (unpaired) electrons. The number of halogens is 1. The Morgan fingerprint density at radius 2 is 2.38 bits per heavy atom. The molecule has 0 atom stereocenters. The van der Waals surface area contributed by atoms with Crippen molar-refractivity contribution >= 4 is 28.9 Å². The molecule has 2 heterocycles. The minimum absolute atomic E-state index is 0.505. The molecule has 2 aromatic heterocycles. The van der Waals surface area contributed by atoms with Crippen LogP contribution in [0, 0.1) is 6.92 Å². The SMILES string of the molecule is Cc1c(-c2cccs2)nn(Cl)c1N. The Labute approximate surface area is 84.9 Å². The number of aromatic nitrogens is 2. The molecule has 0 saturated heterocycles. The maximum absolute atomic E-state index is 5.74. The van der Waals surface area contributed by atoms with E-state index in [1.807, 2.05) is 24.4 Å². The molecule has 0 unspecified atom stereocenters. The average Bonchev–Trinajstić information content (AvgIpc) is 2.70. The Hall–Kier alpha value is -1.00. The van der Waals surface area contributed by atoms with Gasteiger partial charge in [-0.05, 0) is 18.4 Å². The molecule has 0 spiro atoms. The first-order valence-electron chi connectivity index (χ1n) is 3.75. The summed E-state index contributed by atoms with van der Waals surface area (Å²) in [6.45, 7) is 1.91. The highest BCUT2D eigenvalue weighted by Gasteiger charge is 2.12. The van der Waals surface area contributed by atoms with Crippen LogP contribution in [0.2, 0.25) is 0 Å². The fourth-order valence-corrected chi connectivity index (χ4v) is 2.09.